The highest BCUT2D eigenvalue weighted by Gasteiger charge is 2.15. The van der Waals surface area contributed by atoms with Crippen LogP contribution in [0.15, 0.2) is 46.3 Å². The maximum Gasteiger partial charge on any atom is 0.277 e. The number of nitrogens with zero attached hydrogens (tertiary/aromatic N) is 1. The molecule has 5 nitrogen and oxygen atoms in total. The molecule has 0 bridgehead atoms. The molecule has 0 saturated heterocycles. The molecular weight excluding hydrogens is 324 g/mol. The van der Waals surface area contributed by atoms with Gasteiger partial charge in [0, 0.05) is 11.8 Å². The summed E-state index contributed by atoms with van der Waals surface area (Å²) >= 11 is 7.54. The Morgan fingerprint density at radius 1 is 1.36 bits per heavy atom. The summed E-state index contributed by atoms with van der Waals surface area (Å²) in [6.07, 6.45) is 0. The lowest BCUT2D eigenvalue weighted by atomic mass is 10.2. The lowest BCUT2D eigenvalue weighted by molar-refractivity contribution is 0.101. The molecule has 1 amide bonds. The second kappa shape index (κ2) is 6.21. The van der Waals surface area contributed by atoms with E-state index < -0.39 is 0 Å². The first-order chi connectivity index (χ1) is 10.7. The Balaban J connectivity index is 1.76. The van der Waals surface area contributed by atoms with Crippen LogP contribution in [0.3, 0.4) is 0 Å². The Labute approximate surface area is 135 Å². The lowest BCUT2D eigenvalue weighted by Gasteiger charge is -2.06. The van der Waals surface area contributed by atoms with Crippen LogP contribution in [0.5, 0.6) is 5.75 Å². The molecule has 3 rings (SSSR count). The van der Waals surface area contributed by atoms with Crippen LogP contribution >= 0.6 is 22.9 Å². The fourth-order valence-electron chi connectivity index (χ4n) is 1.86. The first-order valence-corrected chi connectivity index (χ1v) is 7.58. The molecule has 0 unspecified atom stereocenters. The summed E-state index contributed by atoms with van der Waals surface area (Å²) < 4.78 is 10.2. The molecule has 0 aliphatic rings. The quantitative estimate of drug-likeness (QED) is 0.771. The van der Waals surface area contributed by atoms with E-state index in [4.69, 9.17) is 20.9 Å². The van der Waals surface area contributed by atoms with Gasteiger partial charge in [-0.1, -0.05) is 22.8 Å². The van der Waals surface area contributed by atoms with Crippen LogP contribution in [0, 0.1) is 0 Å². The Morgan fingerprint density at radius 2 is 2.23 bits per heavy atom. The Kier molecular flexibility index (Phi) is 4.13. The molecule has 1 N–H and O–H groups in total. The number of nitrogens with one attached hydrogen (secondary N) is 1. The minimum absolute atomic E-state index is 0.204. The maximum absolute atomic E-state index is 12.2. The SMILES string of the molecule is COc1ccc(NC(=O)c2cc(-c3cccs3)on2)cc1Cl. The first kappa shape index (κ1) is 14.6. The second-order valence-corrected chi connectivity index (χ2v) is 5.71. The number of carbonyl (C=O) groups is 1. The van der Waals surface area contributed by atoms with Gasteiger partial charge in [-0.15, -0.1) is 11.3 Å². The topological polar surface area (TPSA) is 64.4 Å². The summed E-state index contributed by atoms with van der Waals surface area (Å²) in [4.78, 5) is 13.1. The summed E-state index contributed by atoms with van der Waals surface area (Å²) in [6.45, 7) is 0. The molecule has 3 aromatic rings. The third-order valence-corrected chi connectivity index (χ3v) is 4.10. The number of ether oxygens (including phenoxy) is 1. The molecule has 1 aromatic carbocycles. The molecule has 0 aliphatic heterocycles. The average Bonchev–Trinajstić information content (AvgIpc) is 3.18. The second-order valence-electron chi connectivity index (χ2n) is 4.36. The number of rotatable bonds is 4. The third-order valence-electron chi connectivity index (χ3n) is 2.92. The van der Waals surface area contributed by atoms with Crippen molar-refractivity contribution >= 4 is 34.5 Å². The van der Waals surface area contributed by atoms with Gasteiger partial charge in [-0.3, -0.25) is 4.79 Å². The standard InChI is InChI=1S/C15H11ClN2O3S/c1-20-12-5-4-9(7-10(12)16)17-15(19)11-8-13(21-18-11)14-3-2-6-22-14/h2-8H,1H3,(H,17,19). The zero-order valence-corrected chi connectivity index (χ0v) is 13.1. The van der Waals surface area contributed by atoms with Crippen LogP contribution in [0.4, 0.5) is 5.69 Å². The number of amides is 1. The van der Waals surface area contributed by atoms with Crippen molar-refractivity contribution in [3.63, 3.8) is 0 Å². The van der Waals surface area contributed by atoms with Gasteiger partial charge in [0.05, 0.1) is 17.0 Å². The number of anilines is 1. The van der Waals surface area contributed by atoms with Gasteiger partial charge in [-0.25, -0.2) is 0 Å². The van der Waals surface area contributed by atoms with Crippen molar-refractivity contribution in [3.05, 3.63) is 52.5 Å². The smallest absolute Gasteiger partial charge is 0.277 e. The van der Waals surface area contributed by atoms with Crippen molar-refractivity contribution in [2.75, 3.05) is 12.4 Å². The van der Waals surface area contributed by atoms with Crippen LogP contribution in [0.25, 0.3) is 10.6 Å². The monoisotopic (exact) mass is 334 g/mol. The highest BCUT2D eigenvalue weighted by atomic mass is 35.5. The van der Waals surface area contributed by atoms with Gasteiger partial charge in [-0.05, 0) is 29.6 Å². The van der Waals surface area contributed by atoms with Crippen molar-refractivity contribution in [1.29, 1.82) is 0 Å². The molecular formula is C15H11ClN2O3S. The molecule has 0 spiro atoms. The Morgan fingerprint density at radius 3 is 2.91 bits per heavy atom. The molecule has 0 saturated carbocycles. The van der Waals surface area contributed by atoms with Gasteiger partial charge in [0.25, 0.3) is 5.91 Å². The molecule has 0 aliphatic carbocycles. The van der Waals surface area contributed by atoms with Gasteiger partial charge in [0.15, 0.2) is 11.5 Å². The van der Waals surface area contributed by atoms with Crippen LogP contribution in [-0.4, -0.2) is 18.2 Å². The first-order valence-electron chi connectivity index (χ1n) is 6.33. The van der Waals surface area contributed by atoms with Crippen LogP contribution in [-0.2, 0) is 0 Å². The summed E-state index contributed by atoms with van der Waals surface area (Å²) in [5.74, 6) is 0.738. The highest BCUT2D eigenvalue weighted by molar-refractivity contribution is 7.13. The molecule has 0 fully saturated rings. The fraction of sp³-hybridized carbons (Fsp3) is 0.0667. The summed E-state index contributed by atoms with van der Waals surface area (Å²) in [7, 11) is 1.53. The van der Waals surface area contributed by atoms with E-state index >= 15 is 0 Å². The largest absolute Gasteiger partial charge is 0.495 e. The van der Waals surface area contributed by atoms with Crippen molar-refractivity contribution < 1.29 is 14.1 Å². The van der Waals surface area contributed by atoms with Crippen LogP contribution in [0.1, 0.15) is 10.5 Å². The van der Waals surface area contributed by atoms with E-state index in [0.717, 1.165) is 4.88 Å². The number of thiophene rings is 1. The lowest BCUT2D eigenvalue weighted by Crippen LogP contribution is -2.12. The number of halogens is 1. The summed E-state index contributed by atoms with van der Waals surface area (Å²) in [5, 5.41) is 8.84. The van der Waals surface area contributed by atoms with E-state index in [9.17, 15) is 4.79 Å². The Bertz CT molecular complexity index is 799. The predicted molar refractivity (Wildman–Crippen MR) is 85.8 cm³/mol. The minimum Gasteiger partial charge on any atom is -0.495 e. The summed E-state index contributed by atoms with van der Waals surface area (Å²) in [5.41, 5.74) is 0.756. The van der Waals surface area contributed by atoms with Crippen molar-refractivity contribution in [3.8, 4) is 16.4 Å². The molecule has 2 heterocycles. The van der Waals surface area contributed by atoms with E-state index in [-0.39, 0.29) is 11.6 Å². The molecule has 112 valence electrons. The zero-order valence-electron chi connectivity index (χ0n) is 11.5. The minimum atomic E-state index is -0.368. The van der Waals surface area contributed by atoms with E-state index in [2.05, 4.69) is 10.5 Å². The highest BCUT2D eigenvalue weighted by Crippen LogP contribution is 2.28. The molecule has 22 heavy (non-hydrogen) atoms. The van der Waals surface area contributed by atoms with E-state index in [1.807, 2.05) is 17.5 Å². The van der Waals surface area contributed by atoms with Gasteiger partial charge in [0.2, 0.25) is 0 Å². The number of benzene rings is 1. The van der Waals surface area contributed by atoms with Crippen LogP contribution in [0.2, 0.25) is 5.02 Å². The predicted octanol–water partition coefficient (Wildman–Crippen LogP) is 4.32. The van der Waals surface area contributed by atoms with Crippen molar-refractivity contribution in [1.82, 2.24) is 5.16 Å². The number of methoxy groups -OCH3 is 1. The van der Waals surface area contributed by atoms with E-state index in [1.54, 1.807) is 24.3 Å². The number of hydrogen-bond acceptors (Lipinski definition) is 5. The molecule has 2 aromatic heterocycles. The maximum atomic E-state index is 12.2. The number of carbonyl (C=O) groups excluding carboxylic acids is 1. The number of hydrogen-bond donors (Lipinski definition) is 1. The van der Waals surface area contributed by atoms with Gasteiger partial charge >= 0.3 is 0 Å². The van der Waals surface area contributed by atoms with Gasteiger partial charge in [-0.2, -0.15) is 0 Å². The molecule has 0 atom stereocenters. The normalized spacial score (nSPS) is 10.5. The van der Waals surface area contributed by atoms with E-state index in [0.29, 0.717) is 22.2 Å². The van der Waals surface area contributed by atoms with Gasteiger partial charge < -0.3 is 14.6 Å². The third kappa shape index (κ3) is 2.98. The van der Waals surface area contributed by atoms with E-state index in [1.165, 1.54) is 18.4 Å². The fourth-order valence-corrected chi connectivity index (χ4v) is 2.79. The molecule has 0 radical (unpaired) electrons. The number of aromatic nitrogens is 1. The zero-order chi connectivity index (χ0) is 15.5. The molecule has 7 heteroatoms. The van der Waals surface area contributed by atoms with Crippen LogP contribution < -0.4 is 10.1 Å². The average molecular weight is 335 g/mol. The van der Waals surface area contributed by atoms with Gasteiger partial charge in [0.1, 0.15) is 5.75 Å². The van der Waals surface area contributed by atoms with Crippen molar-refractivity contribution in [2.24, 2.45) is 0 Å². The summed E-state index contributed by atoms with van der Waals surface area (Å²) in [6, 6.07) is 10.4. The van der Waals surface area contributed by atoms with Crippen molar-refractivity contribution in [2.45, 2.75) is 0 Å². The Hall–Kier alpha value is -2.31.